The second-order valence-electron chi connectivity index (χ2n) is 5.34. The highest BCUT2D eigenvalue weighted by Crippen LogP contribution is 2.21. The average Bonchev–Trinajstić information content (AvgIpc) is 2.61. The number of nitrogens with two attached hydrogens (primary N) is 1. The minimum atomic E-state index is -0.177. The zero-order valence-corrected chi connectivity index (χ0v) is 12.4. The molecule has 0 aliphatic rings. The summed E-state index contributed by atoms with van der Waals surface area (Å²) in [7, 11) is 0. The predicted molar refractivity (Wildman–Crippen MR) is 92.1 cm³/mol. The topological polar surface area (TPSA) is 38.0 Å². The molecule has 0 fully saturated rings. The van der Waals surface area contributed by atoms with Crippen molar-refractivity contribution in [3.63, 3.8) is 0 Å². The van der Waals surface area contributed by atoms with Crippen molar-refractivity contribution in [2.45, 2.75) is 12.7 Å². The lowest BCUT2D eigenvalue weighted by molar-refractivity contribution is 0.552. The number of nitrogens with one attached hydrogen (secondary N) is 1. The van der Waals surface area contributed by atoms with Crippen LogP contribution in [0.5, 0.6) is 0 Å². The van der Waals surface area contributed by atoms with Crippen LogP contribution in [0.1, 0.15) is 17.3 Å². The molecule has 0 saturated heterocycles. The van der Waals surface area contributed by atoms with Crippen LogP contribution in [0.25, 0.3) is 11.1 Å². The zero-order chi connectivity index (χ0) is 15.2. The Hall–Kier alpha value is -2.42. The minimum absolute atomic E-state index is 0.177. The van der Waals surface area contributed by atoms with Crippen molar-refractivity contribution in [3.05, 3.63) is 96.1 Å². The highest BCUT2D eigenvalue weighted by molar-refractivity contribution is 5.64. The summed E-state index contributed by atoms with van der Waals surface area (Å²) in [5, 5.41) is 3.37. The molecule has 0 aliphatic heterocycles. The van der Waals surface area contributed by atoms with Crippen LogP contribution in [0.15, 0.2) is 84.9 Å². The molecule has 22 heavy (non-hydrogen) atoms. The van der Waals surface area contributed by atoms with Crippen molar-refractivity contribution in [1.29, 1.82) is 0 Å². The molecule has 1 unspecified atom stereocenters. The molecule has 0 heterocycles. The van der Waals surface area contributed by atoms with Gasteiger partial charge in [-0.2, -0.15) is 0 Å². The van der Waals surface area contributed by atoms with Crippen LogP contribution in [0.3, 0.4) is 0 Å². The maximum absolute atomic E-state index is 6.28. The second kappa shape index (κ2) is 7.03. The smallest absolute Gasteiger partial charge is 0.0812 e. The first-order valence-corrected chi connectivity index (χ1v) is 7.51. The Balaban J connectivity index is 1.72. The number of hydrogen-bond donors (Lipinski definition) is 2. The van der Waals surface area contributed by atoms with Gasteiger partial charge in [0.05, 0.1) is 6.17 Å². The van der Waals surface area contributed by atoms with E-state index in [1.54, 1.807) is 0 Å². The first kappa shape index (κ1) is 14.5. The Labute approximate surface area is 131 Å². The van der Waals surface area contributed by atoms with Gasteiger partial charge in [0.25, 0.3) is 0 Å². The highest BCUT2D eigenvalue weighted by atomic mass is 15.0. The van der Waals surface area contributed by atoms with E-state index in [9.17, 15) is 0 Å². The third kappa shape index (κ3) is 3.61. The summed E-state index contributed by atoms with van der Waals surface area (Å²) in [6.45, 7) is 0.761. The first-order valence-electron chi connectivity index (χ1n) is 7.51. The van der Waals surface area contributed by atoms with E-state index in [0.29, 0.717) is 0 Å². The van der Waals surface area contributed by atoms with Gasteiger partial charge in [-0.1, -0.05) is 78.9 Å². The minimum Gasteiger partial charge on any atom is -0.312 e. The fourth-order valence-electron chi connectivity index (χ4n) is 2.48. The van der Waals surface area contributed by atoms with Gasteiger partial charge < -0.3 is 5.73 Å². The van der Waals surface area contributed by atoms with Gasteiger partial charge in [-0.15, -0.1) is 0 Å². The van der Waals surface area contributed by atoms with Crippen LogP contribution in [-0.4, -0.2) is 0 Å². The molecular weight excluding hydrogens is 268 g/mol. The molecule has 110 valence electrons. The van der Waals surface area contributed by atoms with Crippen molar-refractivity contribution in [2.24, 2.45) is 5.73 Å². The van der Waals surface area contributed by atoms with Gasteiger partial charge >= 0.3 is 0 Å². The Bertz CT molecular complexity index is 708. The number of hydrogen-bond acceptors (Lipinski definition) is 2. The Morgan fingerprint density at radius 3 is 2.09 bits per heavy atom. The van der Waals surface area contributed by atoms with Crippen molar-refractivity contribution in [3.8, 4) is 11.1 Å². The average molecular weight is 288 g/mol. The molecule has 0 saturated carbocycles. The standard InChI is InChI=1S/C20H20N2/c21-20(22-15-16-8-3-1-4-9-16)19-13-7-12-18(14-19)17-10-5-2-6-11-17/h1-14,20,22H,15,21H2. The molecule has 0 radical (unpaired) electrons. The van der Waals surface area contributed by atoms with Crippen LogP contribution in [0.2, 0.25) is 0 Å². The van der Waals surface area contributed by atoms with E-state index in [-0.39, 0.29) is 6.17 Å². The van der Waals surface area contributed by atoms with Crippen LogP contribution in [0, 0.1) is 0 Å². The molecule has 0 bridgehead atoms. The van der Waals surface area contributed by atoms with Crippen LogP contribution < -0.4 is 11.1 Å². The molecule has 0 aliphatic carbocycles. The van der Waals surface area contributed by atoms with Crippen molar-refractivity contribution < 1.29 is 0 Å². The van der Waals surface area contributed by atoms with Gasteiger partial charge in [-0.05, 0) is 28.3 Å². The van der Waals surface area contributed by atoms with Crippen LogP contribution in [-0.2, 0) is 6.54 Å². The molecule has 0 aromatic heterocycles. The number of rotatable bonds is 5. The third-order valence-corrected chi connectivity index (χ3v) is 3.72. The quantitative estimate of drug-likeness (QED) is 0.694. The van der Waals surface area contributed by atoms with E-state index in [1.807, 2.05) is 24.3 Å². The van der Waals surface area contributed by atoms with E-state index in [1.165, 1.54) is 16.7 Å². The molecule has 1 atom stereocenters. The van der Waals surface area contributed by atoms with E-state index >= 15 is 0 Å². The Kier molecular flexibility index (Phi) is 4.64. The zero-order valence-electron chi connectivity index (χ0n) is 12.4. The van der Waals surface area contributed by atoms with Gasteiger partial charge in [-0.25, -0.2) is 0 Å². The predicted octanol–water partition coefficient (Wildman–Crippen LogP) is 4.10. The number of benzene rings is 3. The lowest BCUT2D eigenvalue weighted by atomic mass is 10.0. The van der Waals surface area contributed by atoms with E-state index in [0.717, 1.165) is 12.1 Å². The Morgan fingerprint density at radius 1 is 0.727 bits per heavy atom. The van der Waals surface area contributed by atoms with Gasteiger partial charge in [0.15, 0.2) is 0 Å². The van der Waals surface area contributed by atoms with E-state index in [2.05, 4.69) is 66.0 Å². The molecule has 3 N–H and O–H groups in total. The van der Waals surface area contributed by atoms with E-state index in [4.69, 9.17) is 5.73 Å². The van der Waals surface area contributed by atoms with Gasteiger partial charge in [0.2, 0.25) is 0 Å². The summed E-state index contributed by atoms with van der Waals surface area (Å²) in [5.74, 6) is 0. The molecule has 0 spiro atoms. The normalized spacial score (nSPS) is 12.0. The van der Waals surface area contributed by atoms with Gasteiger partial charge in [-0.3, -0.25) is 5.32 Å². The summed E-state index contributed by atoms with van der Waals surface area (Å²) < 4.78 is 0. The summed E-state index contributed by atoms with van der Waals surface area (Å²) in [6.07, 6.45) is -0.177. The van der Waals surface area contributed by atoms with E-state index < -0.39 is 0 Å². The van der Waals surface area contributed by atoms with Crippen molar-refractivity contribution in [2.75, 3.05) is 0 Å². The monoisotopic (exact) mass is 288 g/mol. The summed E-state index contributed by atoms with van der Waals surface area (Å²) >= 11 is 0. The maximum atomic E-state index is 6.28. The molecule has 2 heteroatoms. The molecule has 3 aromatic rings. The van der Waals surface area contributed by atoms with Crippen LogP contribution in [0.4, 0.5) is 0 Å². The SMILES string of the molecule is NC(NCc1ccccc1)c1cccc(-c2ccccc2)c1. The largest absolute Gasteiger partial charge is 0.312 e. The second-order valence-corrected chi connectivity index (χ2v) is 5.34. The lowest BCUT2D eigenvalue weighted by Gasteiger charge is -2.15. The summed E-state index contributed by atoms with van der Waals surface area (Å²) in [6, 6.07) is 29.0. The third-order valence-electron chi connectivity index (χ3n) is 3.72. The van der Waals surface area contributed by atoms with Gasteiger partial charge in [0.1, 0.15) is 0 Å². The molecule has 3 rings (SSSR count). The van der Waals surface area contributed by atoms with Crippen molar-refractivity contribution in [1.82, 2.24) is 5.32 Å². The highest BCUT2D eigenvalue weighted by Gasteiger charge is 2.06. The summed E-state index contributed by atoms with van der Waals surface area (Å²) in [5.41, 5.74) is 11.0. The molecule has 2 nitrogen and oxygen atoms in total. The Morgan fingerprint density at radius 2 is 1.36 bits per heavy atom. The van der Waals surface area contributed by atoms with Gasteiger partial charge in [0, 0.05) is 6.54 Å². The van der Waals surface area contributed by atoms with Crippen LogP contribution >= 0.6 is 0 Å². The maximum Gasteiger partial charge on any atom is 0.0812 e. The van der Waals surface area contributed by atoms with Crippen molar-refractivity contribution >= 4 is 0 Å². The fourth-order valence-corrected chi connectivity index (χ4v) is 2.48. The molecule has 3 aromatic carbocycles. The fraction of sp³-hybridized carbons (Fsp3) is 0.100. The molecular formula is C20H20N2. The lowest BCUT2D eigenvalue weighted by Crippen LogP contribution is -2.28. The molecule has 0 amide bonds. The summed E-state index contributed by atoms with van der Waals surface area (Å²) in [4.78, 5) is 0. The first-order chi connectivity index (χ1) is 10.8.